The molecule has 1 aromatic carbocycles. The Morgan fingerprint density at radius 3 is 2.43 bits per heavy atom. The van der Waals surface area contributed by atoms with Crippen LogP contribution in [0.2, 0.25) is 0 Å². The van der Waals surface area contributed by atoms with Crippen molar-refractivity contribution in [3.8, 4) is 5.75 Å². The van der Waals surface area contributed by atoms with Gasteiger partial charge in [-0.1, -0.05) is 12.1 Å². The van der Waals surface area contributed by atoms with Gasteiger partial charge in [0.2, 0.25) is 0 Å². The van der Waals surface area contributed by atoms with E-state index in [1.807, 2.05) is 6.92 Å². The van der Waals surface area contributed by atoms with E-state index in [0.29, 0.717) is 17.1 Å². The zero-order valence-electron chi connectivity index (χ0n) is 12.5. The van der Waals surface area contributed by atoms with Crippen LogP contribution in [-0.4, -0.2) is 20.5 Å². The zero-order chi connectivity index (χ0) is 15.6. The smallest absolute Gasteiger partial charge is 0.263 e. The van der Waals surface area contributed by atoms with E-state index < -0.39 is 10.0 Å². The lowest BCUT2D eigenvalue weighted by Crippen LogP contribution is -2.15. The number of ether oxygens (including phenoxy) is 1. The minimum atomic E-state index is -3.70. The summed E-state index contributed by atoms with van der Waals surface area (Å²) in [6, 6.07) is 8.49. The lowest BCUT2D eigenvalue weighted by atomic mass is 10.1. The number of rotatable bonds is 4. The van der Waals surface area contributed by atoms with Crippen LogP contribution in [0.3, 0.4) is 0 Å². The van der Waals surface area contributed by atoms with Crippen molar-refractivity contribution in [2.75, 3.05) is 11.8 Å². The second-order valence-corrected chi connectivity index (χ2v) is 6.51. The summed E-state index contributed by atoms with van der Waals surface area (Å²) in [5.41, 5.74) is 2.30. The number of anilines is 1. The summed E-state index contributed by atoms with van der Waals surface area (Å²) in [5, 5.41) is 0. The first-order valence-electron chi connectivity index (χ1n) is 6.45. The fourth-order valence-electron chi connectivity index (χ4n) is 2.12. The number of methoxy groups -OCH3 is 1. The van der Waals surface area contributed by atoms with Crippen LogP contribution in [0.1, 0.15) is 16.8 Å². The van der Waals surface area contributed by atoms with E-state index in [4.69, 9.17) is 4.74 Å². The fourth-order valence-corrected chi connectivity index (χ4v) is 3.36. The quantitative estimate of drug-likeness (QED) is 0.943. The van der Waals surface area contributed by atoms with E-state index in [1.54, 1.807) is 38.1 Å². The molecule has 0 fully saturated rings. The molecule has 0 bridgehead atoms. The Hall–Kier alpha value is -2.08. The van der Waals surface area contributed by atoms with Crippen molar-refractivity contribution in [3.63, 3.8) is 0 Å². The minimum absolute atomic E-state index is 0.188. The SMILES string of the molecule is COc1cc(S(=O)(=O)Nc2cccc(C)n2)c(C)cc1C. The number of benzene rings is 1. The van der Waals surface area contributed by atoms with Gasteiger partial charge in [-0.25, -0.2) is 13.4 Å². The first-order valence-corrected chi connectivity index (χ1v) is 7.93. The molecule has 0 unspecified atom stereocenters. The van der Waals surface area contributed by atoms with Gasteiger partial charge in [-0.3, -0.25) is 4.72 Å². The van der Waals surface area contributed by atoms with Crippen molar-refractivity contribution >= 4 is 15.8 Å². The Morgan fingerprint density at radius 1 is 1.10 bits per heavy atom. The van der Waals surface area contributed by atoms with Crippen LogP contribution in [0.25, 0.3) is 0 Å². The van der Waals surface area contributed by atoms with E-state index in [9.17, 15) is 8.42 Å². The van der Waals surface area contributed by atoms with E-state index in [1.165, 1.54) is 13.2 Å². The third-order valence-electron chi connectivity index (χ3n) is 3.11. The summed E-state index contributed by atoms with van der Waals surface area (Å²) >= 11 is 0. The van der Waals surface area contributed by atoms with Crippen molar-refractivity contribution < 1.29 is 13.2 Å². The zero-order valence-corrected chi connectivity index (χ0v) is 13.3. The largest absolute Gasteiger partial charge is 0.496 e. The van der Waals surface area contributed by atoms with Crippen LogP contribution in [0.5, 0.6) is 5.75 Å². The van der Waals surface area contributed by atoms with E-state index in [-0.39, 0.29) is 4.90 Å². The molecule has 21 heavy (non-hydrogen) atoms. The Labute approximate surface area is 125 Å². The highest BCUT2D eigenvalue weighted by molar-refractivity contribution is 7.92. The van der Waals surface area contributed by atoms with E-state index >= 15 is 0 Å². The van der Waals surface area contributed by atoms with Crippen molar-refractivity contribution in [2.24, 2.45) is 0 Å². The third kappa shape index (κ3) is 3.33. The molecule has 5 nitrogen and oxygen atoms in total. The number of sulfonamides is 1. The van der Waals surface area contributed by atoms with Gasteiger partial charge in [0.05, 0.1) is 12.0 Å². The summed E-state index contributed by atoms with van der Waals surface area (Å²) in [6.07, 6.45) is 0. The fraction of sp³-hybridized carbons (Fsp3) is 0.267. The lowest BCUT2D eigenvalue weighted by molar-refractivity contribution is 0.410. The number of pyridine rings is 1. The summed E-state index contributed by atoms with van der Waals surface area (Å²) in [6.45, 7) is 5.43. The number of nitrogens with zero attached hydrogens (tertiary/aromatic N) is 1. The van der Waals surface area contributed by atoms with E-state index in [0.717, 1.165) is 11.3 Å². The van der Waals surface area contributed by atoms with Crippen LogP contribution >= 0.6 is 0 Å². The van der Waals surface area contributed by atoms with Crippen LogP contribution in [0.4, 0.5) is 5.82 Å². The molecule has 0 aliphatic rings. The molecule has 0 aliphatic heterocycles. The summed E-state index contributed by atoms with van der Waals surface area (Å²) in [7, 11) is -2.19. The molecule has 0 spiro atoms. The lowest BCUT2D eigenvalue weighted by Gasteiger charge is -2.13. The maximum atomic E-state index is 12.5. The predicted molar refractivity (Wildman–Crippen MR) is 82.3 cm³/mol. The monoisotopic (exact) mass is 306 g/mol. The van der Waals surface area contributed by atoms with Gasteiger partial charge in [0, 0.05) is 11.8 Å². The Balaban J connectivity index is 2.44. The number of nitrogens with one attached hydrogen (secondary N) is 1. The molecule has 2 rings (SSSR count). The van der Waals surface area contributed by atoms with E-state index in [2.05, 4.69) is 9.71 Å². The summed E-state index contributed by atoms with van der Waals surface area (Å²) in [5.74, 6) is 0.840. The standard InChI is InChI=1S/C15H18N2O3S/c1-10-8-11(2)14(9-13(10)20-4)21(18,19)17-15-7-5-6-12(3)16-15/h5-9H,1-4H3,(H,16,17). The Kier molecular flexibility index (Phi) is 4.18. The molecule has 0 saturated carbocycles. The van der Waals surface area contributed by atoms with Crippen LogP contribution in [-0.2, 0) is 10.0 Å². The van der Waals surface area contributed by atoms with Crippen LogP contribution in [0, 0.1) is 20.8 Å². The average molecular weight is 306 g/mol. The topological polar surface area (TPSA) is 68.3 Å². The predicted octanol–water partition coefficient (Wildman–Crippen LogP) is 2.82. The third-order valence-corrected chi connectivity index (χ3v) is 4.61. The molecule has 2 aromatic rings. The second kappa shape index (κ2) is 5.73. The molecule has 0 amide bonds. The molecular formula is C15H18N2O3S. The number of aryl methyl sites for hydroxylation is 3. The first kappa shape index (κ1) is 15.3. The molecule has 0 atom stereocenters. The minimum Gasteiger partial charge on any atom is -0.496 e. The Bertz CT molecular complexity index is 770. The Morgan fingerprint density at radius 2 is 1.81 bits per heavy atom. The summed E-state index contributed by atoms with van der Waals surface area (Å²) < 4.78 is 32.7. The van der Waals surface area contributed by atoms with Gasteiger partial charge in [-0.05, 0) is 44.0 Å². The van der Waals surface area contributed by atoms with Gasteiger partial charge in [-0.15, -0.1) is 0 Å². The highest BCUT2D eigenvalue weighted by atomic mass is 32.2. The van der Waals surface area contributed by atoms with Gasteiger partial charge in [0.15, 0.2) is 0 Å². The van der Waals surface area contributed by atoms with Gasteiger partial charge in [-0.2, -0.15) is 0 Å². The molecule has 112 valence electrons. The number of aromatic nitrogens is 1. The molecule has 6 heteroatoms. The van der Waals surface area contributed by atoms with Crippen molar-refractivity contribution in [1.29, 1.82) is 0 Å². The molecule has 0 saturated heterocycles. The molecule has 1 N–H and O–H groups in total. The van der Waals surface area contributed by atoms with Gasteiger partial charge in [0.25, 0.3) is 10.0 Å². The van der Waals surface area contributed by atoms with Crippen LogP contribution < -0.4 is 9.46 Å². The molecule has 0 aliphatic carbocycles. The highest BCUT2D eigenvalue weighted by Crippen LogP contribution is 2.27. The maximum Gasteiger partial charge on any atom is 0.263 e. The molecule has 1 aromatic heterocycles. The average Bonchev–Trinajstić information content (AvgIpc) is 2.37. The second-order valence-electron chi connectivity index (χ2n) is 4.86. The van der Waals surface area contributed by atoms with Crippen molar-refractivity contribution in [1.82, 2.24) is 4.98 Å². The van der Waals surface area contributed by atoms with Gasteiger partial charge in [0.1, 0.15) is 11.6 Å². The number of hydrogen-bond acceptors (Lipinski definition) is 4. The first-order chi connectivity index (χ1) is 9.83. The normalized spacial score (nSPS) is 11.2. The van der Waals surface area contributed by atoms with Crippen LogP contribution in [0.15, 0.2) is 35.2 Å². The highest BCUT2D eigenvalue weighted by Gasteiger charge is 2.19. The van der Waals surface area contributed by atoms with Crippen molar-refractivity contribution in [3.05, 3.63) is 47.2 Å². The summed E-state index contributed by atoms with van der Waals surface area (Å²) in [4.78, 5) is 4.34. The van der Waals surface area contributed by atoms with Gasteiger partial charge < -0.3 is 4.74 Å². The molecule has 1 heterocycles. The molecular weight excluding hydrogens is 288 g/mol. The molecule has 0 radical (unpaired) electrons. The van der Waals surface area contributed by atoms with Gasteiger partial charge >= 0.3 is 0 Å². The number of hydrogen-bond donors (Lipinski definition) is 1. The maximum absolute atomic E-state index is 12.5. The van der Waals surface area contributed by atoms with Crippen molar-refractivity contribution in [2.45, 2.75) is 25.7 Å².